The highest BCUT2D eigenvalue weighted by Gasteiger charge is 2.45. The molecule has 0 aromatic heterocycles. The van der Waals surface area contributed by atoms with E-state index in [9.17, 15) is 0 Å². The molecular weight excluding hydrogens is 180 g/mol. The van der Waals surface area contributed by atoms with Crippen LogP contribution in [0, 0.1) is 22.7 Å². The summed E-state index contributed by atoms with van der Waals surface area (Å²) in [6.07, 6.45) is 8.08. The Morgan fingerprint density at radius 3 is 2.47 bits per heavy atom. The first kappa shape index (κ1) is 11.2. The van der Waals surface area contributed by atoms with Gasteiger partial charge >= 0.3 is 0 Å². The SMILES string of the molecule is CC1CCC2C(=CCCC2(C)C)C1(C)C. The number of allylic oxidation sites excluding steroid dienone is 2. The van der Waals surface area contributed by atoms with Crippen LogP contribution in [0.5, 0.6) is 0 Å². The third-order valence-corrected chi connectivity index (χ3v) is 5.34. The highest BCUT2D eigenvalue weighted by molar-refractivity contribution is 5.24. The molecule has 0 aliphatic heterocycles. The van der Waals surface area contributed by atoms with E-state index in [1.165, 1.54) is 25.7 Å². The van der Waals surface area contributed by atoms with E-state index < -0.39 is 0 Å². The Labute approximate surface area is 95.1 Å². The minimum absolute atomic E-state index is 0.445. The topological polar surface area (TPSA) is 0 Å². The van der Waals surface area contributed by atoms with Gasteiger partial charge in [0.15, 0.2) is 0 Å². The monoisotopic (exact) mass is 206 g/mol. The summed E-state index contributed by atoms with van der Waals surface area (Å²) in [6, 6.07) is 0. The van der Waals surface area contributed by atoms with Crippen LogP contribution in [0.4, 0.5) is 0 Å². The standard InChI is InChI=1S/C15H26/c1-11-8-9-12-13(15(11,4)5)7-6-10-14(12,2)3/h7,11-12H,6,8-10H2,1-5H3. The highest BCUT2D eigenvalue weighted by atomic mass is 14.5. The zero-order valence-electron chi connectivity index (χ0n) is 11.1. The summed E-state index contributed by atoms with van der Waals surface area (Å²) in [4.78, 5) is 0. The molecule has 0 saturated heterocycles. The predicted octanol–water partition coefficient (Wildman–Crippen LogP) is 4.81. The first-order valence-corrected chi connectivity index (χ1v) is 6.56. The van der Waals surface area contributed by atoms with E-state index in [0.29, 0.717) is 10.8 Å². The van der Waals surface area contributed by atoms with Gasteiger partial charge in [-0.15, -0.1) is 0 Å². The van der Waals surface area contributed by atoms with Crippen molar-refractivity contribution in [1.29, 1.82) is 0 Å². The summed E-state index contributed by atoms with van der Waals surface area (Å²) >= 11 is 0. The third-order valence-electron chi connectivity index (χ3n) is 5.34. The van der Waals surface area contributed by atoms with Gasteiger partial charge in [0, 0.05) is 0 Å². The van der Waals surface area contributed by atoms with Crippen LogP contribution >= 0.6 is 0 Å². The van der Waals surface area contributed by atoms with E-state index in [2.05, 4.69) is 40.7 Å². The molecule has 86 valence electrons. The van der Waals surface area contributed by atoms with Crippen molar-refractivity contribution in [2.45, 2.75) is 60.3 Å². The highest BCUT2D eigenvalue weighted by Crippen LogP contribution is 2.56. The van der Waals surface area contributed by atoms with E-state index in [1.807, 2.05) is 0 Å². The van der Waals surface area contributed by atoms with Crippen LogP contribution in [0.2, 0.25) is 0 Å². The second kappa shape index (κ2) is 3.37. The Hall–Kier alpha value is -0.260. The zero-order chi connectivity index (χ0) is 11.3. The molecule has 0 aromatic rings. The molecule has 0 N–H and O–H groups in total. The molecule has 0 nitrogen and oxygen atoms in total. The smallest absolute Gasteiger partial charge is 0.0116 e. The molecule has 0 heterocycles. The fraction of sp³-hybridized carbons (Fsp3) is 0.867. The van der Waals surface area contributed by atoms with Gasteiger partial charge in [-0.3, -0.25) is 0 Å². The molecule has 1 saturated carbocycles. The molecule has 2 unspecified atom stereocenters. The summed E-state index contributed by atoms with van der Waals surface area (Å²) in [6.45, 7) is 12.3. The minimum Gasteiger partial charge on any atom is -0.0845 e. The molecule has 0 aromatic carbocycles. The molecule has 0 heteroatoms. The quantitative estimate of drug-likeness (QED) is 0.499. The van der Waals surface area contributed by atoms with Crippen molar-refractivity contribution in [3.63, 3.8) is 0 Å². The lowest BCUT2D eigenvalue weighted by atomic mass is 9.54. The molecule has 1 fully saturated rings. The first-order valence-electron chi connectivity index (χ1n) is 6.56. The van der Waals surface area contributed by atoms with Crippen molar-refractivity contribution in [2.75, 3.05) is 0 Å². The predicted molar refractivity (Wildman–Crippen MR) is 66.8 cm³/mol. The van der Waals surface area contributed by atoms with Crippen molar-refractivity contribution >= 4 is 0 Å². The second-order valence-corrected chi connectivity index (χ2v) is 6.94. The zero-order valence-corrected chi connectivity index (χ0v) is 11.1. The molecule has 15 heavy (non-hydrogen) atoms. The summed E-state index contributed by atoms with van der Waals surface area (Å²) in [7, 11) is 0. The summed E-state index contributed by atoms with van der Waals surface area (Å²) in [5.74, 6) is 1.71. The summed E-state index contributed by atoms with van der Waals surface area (Å²) in [5.41, 5.74) is 2.76. The molecule has 0 spiro atoms. The van der Waals surface area contributed by atoms with Crippen LogP contribution in [0.15, 0.2) is 11.6 Å². The normalized spacial score (nSPS) is 38.1. The van der Waals surface area contributed by atoms with E-state index in [0.717, 1.165) is 11.8 Å². The van der Waals surface area contributed by atoms with E-state index in [-0.39, 0.29) is 0 Å². The number of hydrogen-bond acceptors (Lipinski definition) is 0. The molecule has 0 amide bonds. The van der Waals surface area contributed by atoms with Crippen molar-refractivity contribution < 1.29 is 0 Å². The Bertz CT molecular complexity index is 280. The Morgan fingerprint density at radius 1 is 1.13 bits per heavy atom. The third kappa shape index (κ3) is 1.66. The summed E-state index contributed by atoms with van der Waals surface area (Å²) in [5, 5.41) is 0. The van der Waals surface area contributed by atoms with E-state index in [1.54, 1.807) is 5.57 Å². The van der Waals surface area contributed by atoms with Crippen LogP contribution in [0.25, 0.3) is 0 Å². The van der Waals surface area contributed by atoms with Crippen LogP contribution in [0.1, 0.15) is 60.3 Å². The minimum atomic E-state index is 0.445. The van der Waals surface area contributed by atoms with Crippen molar-refractivity contribution in [3.8, 4) is 0 Å². The van der Waals surface area contributed by atoms with E-state index in [4.69, 9.17) is 0 Å². The maximum Gasteiger partial charge on any atom is -0.0116 e. The molecular formula is C15H26. The molecule has 0 radical (unpaired) electrons. The largest absolute Gasteiger partial charge is 0.0845 e. The lowest BCUT2D eigenvalue weighted by molar-refractivity contribution is 0.0979. The van der Waals surface area contributed by atoms with Crippen LogP contribution in [-0.4, -0.2) is 0 Å². The Morgan fingerprint density at radius 2 is 1.80 bits per heavy atom. The van der Waals surface area contributed by atoms with Gasteiger partial charge in [0.25, 0.3) is 0 Å². The van der Waals surface area contributed by atoms with Gasteiger partial charge in [-0.1, -0.05) is 46.3 Å². The summed E-state index contributed by atoms with van der Waals surface area (Å²) < 4.78 is 0. The van der Waals surface area contributed by atoms with Gasteiger partial charge in [0.1, 0.15) is 0 Å². The Balaban J connectivity index is 2.36. The molecule has 2 aliphatic rings. The van der Waals surface area contributed by atoms with Gasteiger partial charge in [-0.05, 0) is 48.3 Å². The maximum absolute atomic E-state index is 2.56. The van der Waals surface area contributed by atoms with Crippen molar-refractivity contribution in [2.24, 2.45) is 22.7 Å². The Kier molecular flexibility index (Phi) is 2.52. The van der Waals surface area contributed by atoms with Crippen LogP contribution in [-0.2, 0) is 0 Å². The van der Waals surface area contributed by atoms with Gasteiger partial charge < -0.3 is 0 Å². The van der Waals surface area contributed by atoms with Crippen molar-refractivity contribution in [1.82, 2.24) is 0 Å². The van der Waals surface area contributed by atoms with Gasteiger partial charge in [0.2, 0.25) is 0 Å². The van der Waals surface area contributed by atoms with Gasteiger partial charge in [-0.25, -0.2) is 0 Å². The number of rotatable bonds is 0. The second-order valence-electron chi connectivity index (χ2n) is 6.94. The number of hydrogen-bond donors (Lipinski definition) is 0. The first-order chi connectivity index (χ1) is 6.86. The molecule has 0 bridgehead atoms. The van der Waals surface area contributed by atoms with Crippen LogP contribution < -0.4 is 0 Å². The fourth-order valence-corrected chi connectivity index (χ4v) is 3.66. The number of fused-ring (bicyclic) bond motifs is 1. The van der Waals surface area contributed by atoms with Gasteiger partial charge in [-0.2, -0.15) is 0 Å². The fourth-order valence-electron chi connectivity index (χ4n) is 3.66. The van der Waals surface area contributed by atoms with Gasteiger partial charge in [0.05, 0.1) is 0 Å². The average Bonchev–Trinajstić information content (AvgIpc) is 2.12. The average molecular weight is 206 g/mol. The lowest BCUT2D eigenvalue weighted by Gasteiger charge is -2.51. The van der Waals surface area contributed by atoms with Crippen LogP contribution in [0.3, 0.4) is 0 Å². The maximum atomic E-state index is 2.56. The molecule has 2 aliphatic carbocycles. The molecule has 2 rings (SSSR count). The van der Waals surface area contributed by atoms with Crippen molar-refractivity contribution in [3.05, 3.63) is 11.6 Å². The molecule has 2 atom stereocenters. The lowest BCUT2D eigenvalue weighted by Crippen LogP contribution is -2.41. The van der Waals surface area contributed by atoms with E-state index >= 15 is 0 Å².